The van der Waals surface area contributed by atoms with E-state index in [0.717, 1.165) is 5.56 Å². The van der Waals surface area contributed by atoms with Gasteiger partial charge in [-0.05, 0) is 37.0 Å². The minimum atomic E-state index is -4.01. The molecule has 1 aromatic rings. The Hall–Kier alpha value is -1.60. The smallest absolute Gasteiger partial charge is 0.322 e. The predicted molar refractivity (Wildman–Crippen MR) is 83.7 cm³/mol. The molecule has 0 unspecified atom stereocenters. The number of nitrogens with one attached hydrogen (secondary N) is 1. The summed E-state index contributed by atoms with van der Waals surface area (Å²) in [5.41, 5.74) is 1.38. The number of sulfonamides is 1. The first kappa shape index (κ1) is 18.4. The number of carboxylic acids is 1. The van der Waals surface area contributed by atoms with Gasteiger partial charge in [0.1, 0.15) is 16.7 Å². The fourth-order valence-electron chi connectivity index (χ4n) is 2.28. The van der Waals surface area contributed by atoms with Crippen molar-refractivity contribution < 1.29 is 23.1 Å². The number of aryl methyl sites for hydroxylation is 2. The van der Waals surface area contributed by atoms with Gasteiger partial charge in [0, 0.05) is 0 Å². The van der Waals surface area contributed by atoms with Crippen molar-refractivity contribution in [2.75, 3.05) is 7.11 Å². The van der Waals surface area contributed by atoms with Crippen LogP contribution in [0.15, 0.2) is 17.0 Å². The molecular weight excluding hydrogens is 306 g/mol. The normalized spacial score (nSPS) is 14.4. The van der Waals surface area contributed by atoms with Gasteiger partial charge in [0.2, 0.25) is 10.0 Å². The summed E-state index contributed by atoms with van der Waals surface area (Å²) in [6, 6.07) is 2.15. The minimum absolute atomic E-state index is 0.0184. The Labute approximate surface area is 131 Å². The number of ether oxygens (including phenoxy) is 1. The summed E-state index contributed by atoms with van der Waals surface area (Å²) in [5, 5.41) is 9.27. The highest BCUT2D eigenvalue weighted by Crippen LogP contribution is 2.29. The SMILES string of the molecule is CC[C@H](C)[C@H](NS(=O)(=O)c1c(C)cc(C)cc1OC)C(=O)O. The van der Waals surface area contributed by atoms with Crippen molar-refractivity contribution in [2.24, 2.45) is 5.92 Å². The molecule has 0 amide bonds. The first-order valence-electron chi connectivity index (χ1n) is 7.04. The molecule has 0 saturated heterocycles. The Bertz CT molecular complexity index is 654. The van der Waals surface area contributed by atoms with Crippen molar-refractivity contribution >= 4 is 16.0 Å². The molecular formula is C15H23NO5S. The van der Waals surface area contributed by atoms with Gasteiger partial charge in [-0.15, -0.1) is 0 Å². The van der Waals surface area contributed by atoms with E-state index in [1.54, 1.807) is 26.0 Å². The highest BCUT2D eigenvalue weighted by atomic mass is 32.2. The van der Waals surface area contributed by atoms with Gasteiger partial charge in [0.25, 0.3) is 0 Å². The molecule has 124 valence electrons. The number of carboxylic acid groups (broad SMARTS) is 1. The zero-order valence-electron chi connectivity index (χ0n) is 13.5. The fourth-order valence-corrected chi connectivity index (χ4v) is 3.96. The third kappa shape index (κ3) is 3.98. The van der Waals surface area contributed by atoms with E-state index in [-0.39, 0.29) is 16.6 Å². The summed E-state index contributed by atoms with van der Waals surface area (Å²) in [4.78, 5) is 11.3. The van der Waals surface area contributed by atoms with E-state index in [1.807, 2.05) is 13.8 Å². The zero-order chi connectivity index (χ0) is 17.1. The lowest BCUT2D eigenvalue weighted by Gasteiger charge is -2.21. The molecule has 0 radical (unpaired) electrons. The third-order valence-corrected chi connectivity index (χ3v) is 5.26. The van der Waals surface area contributed by atoms with Crippen molar-refractivity contribution in [3.63, 3.8) is 0 Å². The maximum absolute atomic E-state index is 12.6. The van der Waals surface area contributed by atoms with Gasteiger partial charge >= 0.3 is 5.97 Å². The van der Waals surface area contributed by atoms with Gasteiger partial charge in [-0.3, -0.25) is 4.79 Å². The molecule has 2 atom stereocenters. The molecule has 0 spiro atoms. The van der Waals surface area contributed by atoms with E-state index in [1.165, 1.54) is 7.11 Å². The van der Waals surface area contributed by atoms with Gasteiger partial charge in [0.05, 0.1) is 7.11 Å². The van der Waals surface area contributed by atoms with E-state index in [9.17, 15) is 18.3 Å². The molecule has 7 heteroatoms. The summed E-state index contributed by atoms with van der Waals surface area (Å²) in [5.74, 6) is -1.32. The first-order chi connectivity index (χ1) is 10.1. The molecule has 0 aromatic heterocycles. The average molecular weight is 329 g/mol. The van der Waals surface area contributed by atoms with Gasteiger partial charge in [-0.25, -0.2) is 8.42 Å². The van der Waals surface area contributed by atoms with E-state index in [2.05, 4.69) is 4.72 Å². The molecule has 0 saturated carbocycles. The van der Waals surface area contributed by atoms with Crippen LogP contribution in [0.3, 0.4) is 0 Å². The molecule has 22 heavy (non-hydrogen) atoms. The number of carbonyl (C=O) groups is 1. The molecule has 0 heterocycles. The number of hydrogen-bond acceptors (Lipinski definition) is 4. The second-order valence-electron chi connectivity index (χ2n) is 5.44. The van der Waals surface area contributed by atoms with Gasteiger partial charge in [0.15, 0.2) is 0 Å². The standard InChI is InChI=1S/C15H23NO5S/c1-6-10(3)13(15(17)18)16-22(19,20)14-11(4)7-9(2)8-12(14)21-5/h7-8,10,13,16H,6H2,1-5H3,(H,17,18)/t10-,13-/m0/s1. The molecule has 0 bridgehead atoms. The van der Waals surface area contributed by atoms with Crippen LogP contribution in [-0.2, 0) is 14.8 Å². The average Bonchev–Trinajstić information content (AvgIpc) is 2.42. The summed E-state index contributed by atoms with van der Waals surface area (Å²) >= 11 is 0. The largest absolute Gasteiger partial charge is 0.495 e. The van der Waals surface area contributed by atoms with Crippen LogP contribution in [0, 0.1) is 19.8 Å². The van der Waals surface area contributed by atoms with E-state index >= 15 is 0 Å². The maximum Gasteiger partial charge on any atom is 0.322 e. The second kappa shape index (κ2) is 7.11. The Morgan fingerprint density at radius 1 is 1.36 bits per heavy atom. The second-order valence-corrected chi connectivity index (χ2v) is 7.09. The molecule has 1 aromatic carbocycles. The predicted octanol–water partition coefficient (Wildman–Crippen LogP) is 2.09. The Balaban J connectivity index is 3.33. The molecule has 0 aliphatic rings. The molecule has 0 aliphatic heterocycles. The lowest BCUT2D eigenvalue weighted by Crippen LogP contribution is -2.45. The van der Waals surface area contributed by atoms with Crippen LogP contribution in [0.2, 0.25) is 0 Å². The topological polar surface area (TPSA) is 92.7 Å². The van der Waals surface area contributed by atoms with Crippen molar-refractivity contribution in [1.29, 1.82) is 0 Å². The van der Waals surface area contributed by atoms with Crippen LogP contribution in [0.5, 0.6) is 5.75 Å². The quantitative estimate of drug-likeness (QED) is 0.799. The van der Waals surface area contributed by atoms with Gasteiger partial charge in [-0.2, -0.15) is 4.72 Å². The molecule has 6 nitrogen and oxygen atoms in total. The molecule has 1 rings (SSSR count). The maximum atomic E-state index is 12.6. The number of hydrogen-bond donors (Lipinski definition) is 2. The zero-order valence-corrected chi connectivity index (χ0v) is 14.3. The van der Waals surface area contributed by atoms with Crippen molar-refractivity contribution in [3.8, 4) is 5.75 Å². The van der Waals surface area contributed by atoms with Crippen LogP contribution in [0.25, 0.3) is 0 Å². The van der Waals surface area contributed by atoms with Crippen molar-refractivity contribution in [1.82, 2.24) is 4.72 Å². The van der Waals surface area contributed by atoms with E-state index < -0.39 is 22.0 Å². The summed E-state index contributed by atoms with van der Waals surface area (Å²) in [7, 11) is -2.62. The lowest BCUT2D eigenvalue weighted by atomic mass is 10.0. The van der Waals surface area contributed by atoms with Crippen LogP contribution < -0.4 is 9.46 Å². The van der Waals surface area contributed by atoms with E-state index in [0.29, 0.717) is 12.0 Å². The molecule has 2 N–H and O–H groups in total. The number of benzene rings is 1. The van der Waals surface area contributed by atoms with Gasteiger partial charge < -0.3 is 9.84 Å². The van der Waals surface area contributed by atoms with Gasteiger partial charge in [-0.1, -0.05) is 26.3 Å². The number of aliphatic carboxylic acids is 1. The minimum Gasteiger partial charge on any atom is -0.495 e. The number of rotatable bonds is 7. The summed E-state index contributed by atoms with van der Waals surface area (Å²) in [6.07, 6.45) is 0.545. The van der Waals surface area contributed by atoms with Crippen LogP contribution >= 0.6 is 0 Å². The fraction of sp³-hybridized carbons (Fsp3) is 0.533. The first-order valence-corrected chi connectivity index (χ1v) is 8.52. The third-order valence-electron chi connectivity index (χ3n) is 3.63. The highest BCUT2D eigenvalue weighted by molar-refractivity contribution is 7.89. The number of methoxy groups -OCH3 is 1. The highest BCUT2D eigenvalue weighted by Gasteiger charge is 2.32. The molecule has 0 aliphatic carbocycles. The summed E-state index contributed by atoms with van der Waals surface area (Å²) < 4.78 is 32.7. The molecule has 0 fully saturated rings. The van der Waals surface area contributed by atoms with Crippen molar-refractivity contribution in [2.45, 2.75) is 45.1 Å². The van der Waals surface area contributed by atoms with Crippen molar-refractivity contribution in [3.05, 3.63) is 23.3 Å². The Morgan fingerprint density at radius 2 is 1.95 bits per heavy atom. The Morgan fingerprint density at radius 3 is 2.41 bits per heavy atom. The lowest BCUT2D eigenvalue weighted by molar-refractivity contribution is -0.140. The monoisotopic (exact) mass is 329 g/mol. The summed E-state index contributed by atoms with van der Waals surface area (Å²) in [6.45, 7) is 6.99. The Kier molecular flexibility index (Phi) is 5.96. The van der Waals surface area contributed by atoms with Crippen LogP contribution in [-0.4, -0.2) is 32.6 Å². The van der Waals surface area contributed by atoms with E-state index in [4.69, 9.17) is 4.74 Å². The van der Waals surface area contributed by atoms with Crippen LogP contribution in [0.4, 0.5) is 0 Å². The van der Waals surface area contributed by atoms with Crippen LogP contribution in [0.1, 0.15) is 31.4 Å².